The second kappa shape index (κ2) is 7.55. The highest BCUT2D eigenvalue weighted by Gasteiger charge is 2.13. The third-order valence-corrected chi connectivity index (χ3v) is 3.81. The van der Waals surface area contributed by atoms with E-state index in [0.29, 0.717) is 6.61 Å². The van der Waals surface area contributed by atoms with Crippen LogP contribution in [0.15, 0.2) is 77.6 Å². The molecule has 0 aliphatic rings. The maximum Gasteiger partial charge on any atom is 0.137 e. The monoisotopic (exact) mass is 320 g/mol. The van der Waals surface area contributed by atoms with Crippen LogP contribution >= 0.6 is 0 Å². The summed E-state index contributed by atoms with van der Waals surface area (Å²) in [5.41, 5.74) is 4.11. The van der Waals surface area contributed by atoms with Gasteiger partial charge in [-0.25, -0.2) is 0 Å². The molecule has 0 bridgehead atoms. The van der Waals surface area contributed by atoms with E-state index in [-0.39, 0.29) is 0 Å². The van der Waals surface area contributed by atoms with Gasteiger partial charge in [-0.1, -0.05) is 42.5 Å². The lowest BCUT2D eigenvalue weighted by atomic mass is 9.99. The molecule has 0 unspecified atom stereocenters. The Morgan fingerprint density at radius 2 is 1.79 bits per heavy atom. The summed E-state index contributed by atoms with van der Waals surface area (Å²) in [4.78, 5) is 0. The average molecular weight is 320 g/mol. The Hall–Kier alpha value is -2.94. The smallest absolute Gasteiger partial charge is 0.137 e. The van der Waals surface area contributed by atoms with E-state index in [1.807, 2.05) is 61.5 Å². The van der Waals surface area contributed by atoms with E-state index in [1.54, 1.807) is 19.6 Å². The second-order valence-electron chi connectivity index (χ2n) is 5.46. The lowest BCUT2D eigenvalue weighted by Gasteiger charge is -2.13. The largest absolute Gasteiger partial charge is 0.504 e. The van der Waals surface area contributed by atoms with Gasteiger partial charge in [0.05, 0.1) is 25.2 Å². The van der Waals surface area contributed by atoms with Gasteiger partial charge in [-0.05, 0) is 41.8 Å². The summed E-state index contributed by atoms with van der Waals surface area (Å²) in [6.07, 6.45) is 3.36. The molecule has 3 nitrogen and oxygen atoms in total. The number of ether oxygens (including phenoxy) is 2. The van der Waals surface area contributed by atoms with Gasteiger partial charge in [0, 0.05) is 0 Å². The number of methoxy groups -OCH3 is 1. The molecule has 122 valence electrons. The van der Waals surface area contributed by atoms with Crippen molar-refractivity contribution in [1.82, 2.24) is 0 Å². The van der Waals surface area contributed by atoms with Crippen molar-refractivity contribution < 1.29 is 13.9 Å². The van der Waals surface area contributed by atoms with Crippen LogP contribution in [-0.2, 0) is 11.3 Å². The van der Waals surface area contributed by atoms with E-state index in [0.717, 1.165) is 33.8 Å². The molecule has 2 aromatic carbocycles. The number of aryl methyl sites for hydroxylation is 1. The van der Waals surface area contributed by atoms with Gasteiger partial charge >= 0.3 is 0 Å². The molecule has 0 amide bonds. The van der Waals surface area contributed by atoms with Crippen LogP contribution < -0.4 is 4.74 Å². The molecule has 0 saturated heterocycles. The summed E-state index contributed by atoms with van der Waals surface area (Å²) in [5, 5.41) is 0. The zero-order valence-corrected chi connectivity index (χ0v) is 13.9. The van der Waals surface area contributed by atoms with Gasteiger partial charge in [-0.15, -0.1) is 0 Å². The van der Waals surface area contributed by atoms with Crippen molar-refractivity contribution in [2.24, 2.45) is 0 Å². The minimum atomic E-state index is 0.475. The molecule has 0 aliphatic carbocycles. The first-order valence-electron chi connectivity index (χ1n) is 7.83. The first-order chi connectivity index (χ1) is 11.8. The molecular weight excluding hydrogens is 300 g/mol. The Balaban J connectivity index is 1.90. The van der Waals surface area contributed by atoms with Gasteiger partial charge in [-0.3, -0.25) is 0 Å². The summed E-state index contributed by atoms with van der Waals surface area (Å²) in [6, 6.07) is 19.9. The van der Waals surface area contributed by atoms with Crippen molar-refractivity contribution in [2.45, 2.75) is 13.5 Å². The fourth-order valence-electron chi connectivity index (χ4n) is 2.59. The van der Waals surface area contributed by atoms with Crippen molar-refractivity contribution in [3.8, 4) is 5.75 Å². The fourth-order valence-corrected chi connectivity index (χ4v) is 2.59. The highest BCUT2D eigenvalue weighted by Crippen LogP contribution is 2.28. The zero-order valence-electron chi connectivity index (χ0n) is 13.9. The standard InChI is InChI=1S/C21H20O3/c1-16-8-3-6-11-20(16)24-14-17-9-4-5-10-18(17)19(15-22-2)21-12-7-13-23-21/h3-13,15H,14H2,1-2H3/b19-15+. The predicted octanol–water partition coefficient (Wildman–Crippen LogP) is 5.20. The summed E-state index contributed by atoms with van der Waals surface area (Å²) in [7, 11) is 1.63. The quantitative estimate of drug-likeness (QED) is 0.585. The molecule has 3 rings (SSSR count). The van der Waals surface area contributed by atoms with Crippen LogP contribution in [0.2, 0.25) is 0 Å². The number of hydrogen-bond donors (Lipinski definition) is 0. The topological polar surface area (TPSA) is 31.6 Å². The molecule has 0 aliphatic heterocycles. The summed E-state index contributed by atoms with van der Waals surface area (Å²) in [6.45, 7) is 2.52. The van der Waals surface area contributed by atoms with Gasteiger partial charge in [0.1, 0.15) is 18.1 Å². The number of hydrogen-bond acceptors (Lipinski definition) is 3. The number of rotatable bonds is 6. The average Bonchev–Trinajstić information content (AvgIpc) is 3.14. The van der Waals surface area contributed by atoms with E-state index in [4.69, 9.17) is 13.9 Å². The molecule has 0 radical (unpaired) electrons. The number of para-hydroxylation sites is 1. The Labute approximate surface area is 142 Å². The first kappa shape index (κ1) is 15.9. The molecule has 3 aromatic rings. The van der Waals surface area contributed by atoms with Crippen LogP contribution in [0.25, 0.3) is 5.57 Å². The van der Waals surface area contributed by atoms with Crippen LogP contribution in [0.1, 0.15) is 22.5 Å². The predicted molar refractivity (Wildman–Crippen MR) is 94.7 cm³/mol. The van der Waals surface area contributed by atoms with Gasteiger partial charge in [0.25, 0.3) is 0 Å². The second-order valence-corrected chi connectivity index (χ2v) is 5.46. The van der Waals surface area contributed by atoms with E-state index >= 15 is 0 Å². The first-order valence-corrected chi connectivity index (χ1v) is 7.83. The Bertz CT molecular complexity index is 817. The van der Waals surface area contributed by atoms with Crippen molar-refractivity contribution in [2.75, 3.05) is 7.11 Å². The van der Waals surface area contributed by atoms with E-state index in [2.05, 4.69) is 6.07 Å². The normalized spacial score (nSPS) is 11.3. The molecule has 0 fully saturated rings. The van der Waals surface area contributed by atoms with Crippen molar-refractivity contribution >= 4 is 5.57 Å². The number of benzene rings is 2. The molecule has 24 heavy (non-hydrogen) atoms. The van der Waals surface area contributed by atoms with Gasteiger partial charge in [0.2, 0.25) is 0 Å². The van der Waals surface area contributed by atoms with Crippen LogP contribution in [0.4, 0.5) is 0 Å². The lowest BCUT2D eigenvalue weighted by Crippen LogP contribution is -2.01. The van der Waals surface area contributed by atoms with Crippen LogP contribution in [0.3, 0.4) is 0 Å². The third kappa shape index (κ3) is 3.51. The van der Waals surface area contributed by atoms with Gasteiger partial charge in [0.15, 0.2) is 0 Å². The Kier molecular flexibility index (Phi) is 5.02. The lowest BCUT2D eigenvalue weighted by molar-refractivity contribution is 0.303. The highest BCUT2D eigenvalue weighted by molar-refractivity contribution is 5.78. The van der Waals surface area contributed by atoms with E-state index in [9.17, 15) is 0 Å². The highest BCUT2D eigenvalue weighted by atomic mass is 16.5. The van der Waals surface area contributed by atoms with Crippen molar-refractivity contribution in [3.63, 3.8) is 0 Å². The van der Waals surface area contributed by atoms with Gasteiger partial charge in [-0.2, -0.15) is 0 Å². The van der Waals surface area contributed by atoms with Crippen LogP contribution in [0.5, 0.6) is 5.75 Å². The van der Waals surface area contributed by atoms with Crippen LogP contribution in [-0.4, -0.2) is 7.11 Å². The van der Waals surface area contributed by atoms with Crippen molar-refractivity contribution in [3.05, 3.63) is 95.6 Å². The molecule has 0 atom stereocenters. The SMILES string of the molecule is CO/C=C(/c1ccco1)c1ccccc1COc1ccccc1C. The minimum absolute atomic E-state index is 0.475. The van der Waals surface area contributed by atoms with Gasteiger partial charge < -0.3 is 13.9 Å². The molecule has 0 spiro atoms. The summed E-state index contributed by atoms with van der Waals surface area (Å²) in [5.74, 6) is 1.66. The Morgan fingerprint density at radius 1 is 1.00 bits per heavy atom. The summed E-state index contributed by atoms with van der Waals surface area (Å²) < 4.78 is 16.8. The fraction of sp³-hybridized carbons (Fsp3) is 0.143. The molecule has 1 aromatic heterocycles. The maximum absolute atomic E-state index is 6.01. The molecular formula is C21H20O3. The van der Waals surface area contributed by atoms with E-state index in [1.165, 1.54) is 0 Å². The van der Waals surface area contributed by atoms with E-state index < -0.39 is 0 Å². The molecule has 1 heterocycles. The molecule has 0 saturated carbocycles. The number of furan rings is 1. The van der Waals surface area contributed by atoms with Crippen molar-refractivity contribution in [1.29, 1.82) is 0 Å². The zero-order chi connectivity index (χ0) is 16.8. The maximum atomic E-state index is 6.01. The minimum Gasteiger partial charge on any atom is -0.504 e. The van der Waals surface area contributed by atoms with Crippen LogP contribution in [0, 0.1) is 6.92 Å². The Morgan fingerprint density at radius 3 is 2.54 bits per heavy atom. The molecule has 0 N–H and O–H groups in total. The summed E-state index contributed by atoms with van der Waals surface area (Å²) >= 11 is 0. The third-order valence-electron chi connectivity index (χ3n) is 3.81. The molecule has 3 heteroatoms.